The Morgan fingerprint density at radius 2 is 0.621 bits per heavy atom. The van der Waals surface area contributed by atoms with Gasteiger partial charge in [0.25, 0.3) is 0 Å². The van der Waals surface area contributed by atoms with E-state index in [-0.39, 0.29) is 33.4 Å². The van der Waals surface area contributed by atoms with E-state index >= 15 is 4.39 Å². The number of H-pyrrole nitrogens is 10. The van der Waals surface area contributed by atoms with Crippen LogP contribution in [0.5, 0.6) is 0 Å². The number of carboxylic acids is 5. The van der Waals surface area contributed by atoms with Crippen molar-refractivity contribution >= 4 is 96.6 Å². The third kappa shape index (κ3) is 23.4. The van der Waals surface area contributed by atoms with Crippen LogP contribution in [0.25, 0.3) is 168 Å². The van der Waals surface area contributed by atoms with Crippen LogP contribution < -0.4 is 0 Å². The van der Waals surface area contributed by atoms with Gasteiger partial charge in [-0.25, -0.2) is 82.6 Å². The third-order valence-electron chi connectivity index (χ3n) is 24.1. The number of halogens is 3. The molecule has 0 fully saturated rings. The molecule has 740 valence electrons. The molecule has 0 amide bonds. The molecule has 0 saturated heterocycles. The number of aromatic carboxylic acids is 5. The fourth-order valence-corrected chi connectivity index (χ4v) is 17.1. The summed E-state index contributed by atoms with van der Waals surface area (Å²) in [6.45, 7) is 7.79. The Labute approximate surface area is 834 Å². The smallest absolute Gasteiger partial charge is 0.338 e. The Hall–Kier alpha value is -17.1. The maximum atomic E-state index is 15.0. The zero-order valence-corrected chi connectivity index (χ0v) is 82.2. The lowest BCUT2D eigenvalue weighted by atomic mass is 9.99. The van der Waals surface area contributed by atoms with Crippen molar-refractivity contribution in [3.05, 3.63) is 298 Å². The number of nitrogens with one attached hydrogen (secondary N) is 10. The number of carbonyl (C=O) groups is 5. The van der Waals surface area contributed by atoms with Crippen LogP contribution in [0.3, 0.4) is 0 Å². The quantitative estimate of drug-likeness (QED) is 0.0199. The van der Waals surface area contributed by atoms with Gasteiger partial charge in [0.2, 0.25) is 0 Å². The summed E-state index contributed by atoms with van der Waals surface area (Å²) < 4.78 is 29.2. The first-order valence-electron chi connectivity index (χ1n) is 46.3. The maximum absolute atomic E-state index is 15.0. The van der Waals surface area contributed by atoms with Gasteiger partial charge < -0.3 is 99.9 Å². The molecule has 0 unspecified atom stereocenters. The second-order valence-electron chi connectivity index (χ2n) is 36.1. The van der Waals surface area contributed by atoms with Gasteiger partial charge in [0.1, 0.15) is 69.0 Å². The summed E-state index contributed by atoms with van der Waals surface area (Å²) in [7, 11) is 20.0. The van der Waals surface area contributed by atoms with Crippen molar-refractivity contribution in [3.63, 3.8) is 0 Å². The Bertz CT molecular complexity index is 7690. The number of pyridine rings is 5. The molecule has 5 aromatic carbocycles. The topological polar surface area (TPSA) is 490 Å². The van der Waals surface area contributed by atoms with Crippen molar-refractivity contribution in [1.82, 2.24) is 124 Å². The molecule has 0 atom stereocenters. The van der Waals surface area contributed by atoms with Gasteiger partial charge in [0.15, 0.2) is 0 Å². The van der Waals surface area contributed by atoms with Crippen LogP contribution in [0, 0.1) is 25.5 Å². The van der Waals surface area contributed by atoms with E-state index in [9.17, 15) is 53.9 Å². The van der Waals surface area contributed by atoms with Crippen LogP contribution in [0.2, 0.25) is 5.02 Å². The van der Waals surface area contributed by atoms with E-state index in [0.717, 1.165) is 209 Å². The summed E-state index contributed by atoms with van der Waals surface area (Å²) >= 11 is 6.21. The predicted octanol–water partition coefficient (Wildman–Crippen LogP) is 18.7. The number of carboxylic acid groups (broad SMARTS) is 5. The highest BCUT2D eigenvalue weighted by Crippen LogP contribution is 2.43. The summed E-state index contributed by atoms with van der Waals surface area (Å²) in [6, 6.07) is 42.9. The minimum atomic E-state index is -1.31. The van der Waals surface area contributed by atoms with Gasteiger partial charge in [0.05, 0.1) is 84.8 Å². The average molecular weight is 1980 g/mol. The van der Waals surface area contributed by atoms with E-state index in [1.807, 2.05) is 185 Å². The van der Waals surface area contributed by atoms with E-state index in [4.69, 9.17) is 31.5 Å². The van der Waals surface area contributed by atoms with E-state index < -0.39 is 41.5 Å². The highest BCUT2D eigenvalue weighted by Gasteiger charge is 2.28. The van der Waals surface area contributed by atoms with Crippen LogP contribution in [0.15, 0.2) is 214 Å². The Balaban J connectivity index is 0.000000130. The molecule has 20 rings (SSSR count). The van der Waals surface area contributed by atoms with Crippen LogP contribution >= 0.6 is 11.6 Å². The first kappa shape index (κ1) is 101. The van der Waals surface area contributed by atoms with Crippen molar-refractivity contribution in [1.29, 1.82) is 0 Å². The van der Waals surface area contributed by atoms with Crippen LogP contribution in [-0.4, -0.2) is 283 Å². The number of aryl methyl sites for hydroxylation is 2. The van der Waals surface area contributed by atoms with Gasteiger partial charge in [-0.2, -0.15) is 0 Å². The zero-order chi connectivity index (χ0) is 103. The molecule has 0 saturated carbocycles. The van der Waals surface area contributed by atoms with Gasteiger partial charge in [-0.1, -0.05) is 29.8 Å². The largest absolute Gasteiger partial charge is 0.478 e. The first-order valence-corrected chi connectivity index (χ1v) is 46.6. The molecule has 35 nitrogen and oxygen atoms in total. The van der Waals surface area contributed by atoms with Crippen molar-refractivity contribution in [2.24, 2.45) is 0 Å². The molecule has 0 aliphatic carbocycles. The number of benzene rings is 5. The zero-order valence-electron chi connectivity index (χ0n) is 81.4. The molecule has 0 aliphatic rings. The van der Waals surface area contributed by atoms with Gasteiger partial charge >= 0.3 is 29.8 Å². The van der Waals surface area contributed by atoms with Crippen LogP contribution in [0.4, 0.5) is 8.78 Å². The maximum Gasteiger partial charge on any atom is 0.338 e. The summed E-state index contributed by atoms with van der Waals surface area (Å²) in [5, 5.41) is 52.1. The van der Waals surface area contributed by atoms with E-state index in [1.165, 1.54) is 30.3 Å². The molecule has 0 spiro atoms. The van der Waals surface area contributed by atoms with Gasteiger partial charge in [-0.05, 0) is 229 Å². The standard InChI is InChI=1S/2C22H23N5O2.C21H20ClN5O2.2C21H20FN5O2/c1-13-10-14(12-15(11-13)22(28)29)19-20(26-18(25-19)6-9-27(2)3)16-4-7-23-21-17(16)5-8-24-21;1-13-4-5-14(12-17(13)22(28)29)19-20(26-18(25-19)8-11-27(2)3)15-6-9-23-21-16(15)7-10-24-21;2*1-27(2)8-5-17-25-18(12-9-13(21(28)29)11-14(22)10-12)19(26-17)15-3-6-23-20-16(15)4-7-24-20;1-27(2)11-8-16-25-18(12-6-9-23-20-13(12)7-10-24-20)19(26-16)14-4-3-5-15(17(14)22)21(28)29/h4-5,7-8,10-12H,6,9H2,1-3H3,(H,23,24)(H,25,26)(H,28,29);4-7,9-10,12H,8,11H2,1-3H3,(H,23,24)(H,25,26)(H,28,29);2*3-4,6-7,9-11H,5,8H2,1-2H3,(H,23,24)(H,25,26)(H,28,29);3-7,9-10H,8,11H2,1-2H3,(H,23,24)(H,25,26)(H,28,29). The Kier molecular flexibility index (Phi) is 30.9. The molecule has 20 aromatic rings. The van der Waals surface area contributed by atoms with Gasteiger partial charge in [-0.3, -0.25) is 0 Å². The Morgan fingerprint density at radius 1 is 0.310 bits per heavy atom. The third-order valence-corrected chi connectivity index (χ3v) is 24.3. The molecule has 15 heterocycles. The van der Waals surface area contributed by atoms with Crippen LogP contribution in [0.1, 0.15) is 92.0 Å². The van der Waals surface area contributed by atoms with Crippen LogP contribution in [-0.2, 0) is 32.1 Å². The summed E-state index contributed by atoms with van der Waals surface area (Å²) in [6.07, 6.45) is 21.3. The minimum Gasteiger partial charge on any atom is -0.478 e. The molecular weight excluding hydrogens is 1870 g/mol. The molecule has 0 radical (unpaired) electrons. The molecular formula is C107H106ClF2N25O10. The number of fused-ring (bicyclic) bond motifs is 5. The second kappa shape index (κ2) is 44.4. The number of rotatable bonds is 30. The van der Waals surface area contributed by atoms with Crippen molar-refractivity contribution in [2.45, 2.75) is 46.0 Å². The Morgan fingerprint density at radius 3 is 0.972 bits per heavy atom. The summed E-state index contributed by atoms with van der Waals surface area (Å²) in [5.41, 5.74) is 19.8. The van der Waals surface area contributed by atoms with Crippen molar-refractivity contribution in [3.8, 4) is 113 Å². The van der Waals surface area contributed by atoms with Gasteiger partial charge in [0, 0.05) is 214 Å². The molecule has 0 aliphatic heterocycles. The second-order valence-corrected chi connectivity index (χ2v) is 36.5. The molecule has 15 aromatic heterocycles. The van der Waals surface area contributed by atoms with Gasteiger partial charge in [-0.15, -0.1) is 0 Å². The number of hydrogen-bond donors (Lipinski definition) is 15. The minimum absolute atomic E-state index is 0.120. The average Bonchev–Trinajstić information content (AvgIpc) is 1.65. The van der Waals surface area contributed by atoms with Crippen molar-refractivity contribution < 1.29 is 58.3 Å². The van der Waals surface area contributed by atoms with E-state index in [0.29, 0.717) is 68.9 Å². The SMILES string of the molecule is CN(C)CCc1nc(-c2cc(Cl)cc(C(=O)O)c2)c(-c2ccnc3[nH]ccc23)[nH]1.CN(C)CCc1nc(-c2cc(F)cc(C(=O)O)c2)c(-c2ccnc3[nH]ccc23)[nH]1.CN(C)CCc1nc(-c2ccnc3[nH]ccc23)c(-c2cccc(C(=O)O)c2F)[nH]1.Cc1cc(C(=O)O)cc(-c2nc(CCN(C)C)[nH]c2-c2ccnc3[nH]ccc23)c1.Cc1ccc(-c2nc(CCN(C)C)[nH]c2-c2ccnc3[nH]ccc23)cc1C(=O)O. The molecule has 145 heavy (non-hydrogen) atoms. The number of nitrogens with zero attached hydrogens (tertiary/aromatic N) is 15. The molecule has 38 heteroatoms. The number of likely N-dealkylation sites (N-methyl/N-ethyl adjacent to an activating group) is 5. The highest BCUT2D eigenvalue weighted by atomic mass is 35.5. The van der Waals surface area contributed by atoms with Crippen molar-refractivity contribution in [2.75, 3.05) is 103 Å². The number of aromatic nitrogens is 20. The first-order chi connectivity index (χ1) is 69.6. The highest BCUT2D eigenvalue weighted by molar-refractivity contribution is 6.31. The summed E-state index contributed by atoms with van der Waals surface area (Å²) in [4.78, 5) is 146. The lowest BCUT2D eigenvalue weighted by molar-refractivity contribution is 0.0681. The lowest BCUT2D eigenvalue weighted by Gasteiger charge is -2.07. The fraction of sp³-hybridized carbons (Fsp3) is 0.206. The number of aromatic amines is 10. The normalized spacial score (nSPS) is 11.4. The fourth-order valence-electron chi connectivity index (χ4n) is 16.9. The lowest BCUT2D eigenvalue weighted by Crippen LogP contribution is -2.15. The predicted molar refractivity (Wildman–Crippen MR) is 556 cm³/mol. The van der Waals surface area contributed by atoms with E-state index in [2.05, 4.69) is 94.4 Å². The molecule has 15 N–H and O–H groups in total. The monoisotopic (exact) mass is 1970 g/mol. The number of imidazole rings is 5. The molecule has 0 bridgehead atoms. The van der Waals surface area contributed by atoms with E-state index in [1.54, 1.807) is 86.7 Å². The number of hydrogen-bond acceptors (Lipinski definition) is 20. The summed E-state index contributed by atoms with van der Waals surface area (Å²) in [5.74, 6) is -2.84.